The Morgan fingerprint density at radius 1 is 1.53 bits per heavy atom. The highest BCUT2D eigenvalue weighted by molar-refractivity contribution is 5.81. The van der Waals surface area contributed by atoms with Crippen LogP contribution < -0.4 is 11.1 Å². The molecule has 0 radical (unpaired) electrons. The molecule has 0 aliphatic heterocycles. The van der Waals surface area contributed by atoms with Gasteiger partial charge in [-0.3, -0.25) is 4.79 Å². The van der Waals surface area contributed by atoms with Crippen LogP contribution in [0.2, 0.25) is 0 Å². The van der Waals surface area contributed by atoms with E-state index < -0.39 is 6.04 Å². The normalized spacial score (nSPS) is 15.2. The summed E-state index contributed by atoms with van der Waals surface area (Å²) in [7, 11) is 0. The maximum absolute atomic E-state index is 11.4. The zero-order valence-electron chi connectivity index (χ0n) is 10.1. The van der Waals surface area contributed by atoms with Crippen molar-refractivity contribution >= 4 is 5.91 Å². The molecule has 0 bridgehead atoms. The monoisotopic (exact) mass is 210 g/mol. The molecule has 15 heavy (non-hydrogen) atoms. The van der Waals surface area contributed by atoms with Crippen LogP contribution in [0.3, 0.4) is 0 Å². The molecular formula is C12H22N2O. The van der Waals surface area contributed by atoms with Crippen molar-refractivity contribution in [2.75, 3.05) is 6.54 Å². The van der Waals surface area contributed by atoms with Crippen LogP contribution in [-0.4, -0.2) is 18.5 Å². The summed E-state index contributed by atoms with van der Waals surface area (Å²) in [6.45, 7) is 9.18. The molecule has 0 rings (SSSR count). The molecule has 0 aliphatic carbocycles. The summed E-state index contributed by atoms with van der Waals surface area (Å²) in [6.07, 6.45) is 5.37. The van der Waals surface area contributed by atoms with Crippen LogP contribution in [0.5, 0.6) is 0 Å². The van der Waals surface area contributed by atoms with E-state index in [0.29, 0.717) is 12.5 Å². The maximum Gasteiger partial charge on any atom is 0.237 e. The Bertz CT molecular complexity index is 247. The fourth-order valence-corrected chi connectivity index (χ4v) is 0.911. The molecule has 0 saturated heterocycles. The lowest BCUT2D eigenvalue weighted by Crippen LogP contribution is -2.43. The van der Waals surface area contributed by atoms with Gasteiger partial charge in [-0.1, -0.05) is 27.7 Å². The Morgan fingerprint density at radius 3 is 2.47 bits per heavy atom. The first-order chi connectivity index (χ1) is 6.79. The Labute approximate surface area is 92.8 Å². The number of hydrogen-bond acceptors (Lipinski definition) is 2. The quantitative estimate of drug-likeness (QED) is 0.684. The van der Waals surface area contributed by atoms with Crippen molar-refractivity contribution in [3.05, 3.63) is 0 Å². The average molecular weight is 210 g/mol. The number of rotatable bonds is 4. The topological polar surface area (TPSA) is 55.1 Å². The number of hydrogen-bond donors (Lipinski definition) is 2. The van der Waals surface area contributed by atoms with E-state index in [-0.39, 0.29) is 17.7 Å². The molecule has 2 unspecified atom stereocenters. The van der Waals surface area contributed by atoms with Crippen molar-refractivity contribution in [3.8, 4) is 12.3 Å². The first-order valence-electron chi connectivity index (χ1n) is 5.25. The van der Waals surface area contributed by atoms with Gasteiger partial charge in [0.2, 0.25) is 5.91 Å². The smallest absolute Gasteiger partial charge is 0.237 e. The Balaban J connectivity index is 3.97. The fourth-order valence-electron chi connectivity index (χ4n) is 0.911. The number of nitrogens with two attached hydrogens (primary N) is 1. The molecule has 0 fully saturated rings. The van der Waals surface area contributed by atoms with Gasteiger partial charge in [0.1, 0.15) is 0 Å². The zero-order valence-corrected chi connectivity index (χ0v) is 10.1. The minimum atomic E-state index is -0.581. The van der Waals surface area contributed by atoms with E-state index >= 15 is 0 Å². The molecule has 0 heterocycles. The predicted octanol–water partition coefficient (Wildman–Crippen LogP) is 1.14. The molecular weight excluding hydrogens is 188 g/mol. The molecule has 86 valence electrons. The van der Waals surface area contributed by atoms with Crippen molar-refractivity contribution in [3.63, 3.8) is 0 Å². The molecule has 0 spiro atoms. The van der Waals surface area contributed by atoms with Crippen molar-refractivity contribution in [1.82, 2.24) is 5.32 Å². The number of terminal acetylenes is 1. The van der Waals surface area contributed by atoms with Crippen LogP contribution in [0, 0.1) is 23.7 Å². The molecule has 0 aromatic heterocycles. The lowest BCUT2D eigenvalue weighted by Gasteiger charge is -2.27. The molecule has 0 aromatic carbocycles. The van der Waals surface area contributed by atoms with E-state index in [1.807, 2.05) is 0 Å². The summed E-state index contributed by atoms with van der Waals surface area (Å²) in [5, 5.41) is 2.81. The lowest BCUT2D eigenvalue weighted by molar-refractivity contribution is -0.122. The van der Waals surface area contributed by atoms with Crippen molar-refractivity contribution in [2.45, 2.75) is 40.2 Å². The highest BCUT2D eigenvalue weighted by Crippen LogP contribution is 2.24. The maximum atomic E-state index is 11.4. The predicted molar refractivity (Wildman–Crippen MR) is 63.1 cm³/mol. The minimum Gasteiger partial charge on any atom is -0.354 e. The summed E-state index contributed by atoms with van der Waals surface area (Å²) >= 11 is 0. The average Bonchev–Trinajstić information content (AvgIpc) is 2.12. The van der Waals surface area contributed by atoms with Gasteiger partial charge in [-0.05, 0) is 11.3 Å². The first kappa shape index (κ1) is 14.0. The van der Waals surface area contributed by atoms with Gasteiger partial charge in [-0.15, -0.1) is 12.3 Å². The largest absolute Gasteiger partial charge is 0.354 e. The van der Waals surface area contributed by atoms with Gasteiger partial charge in [-0.2, -0.15) is 0 Å². The van der Waals surface area contributed by atoms with Gasteiger partial charge in [0.15, 0.2) is 0 Å². The van der Waals surface area contributed by atoms with E-state index in [1.165, 1.54) is 0 Å². The van der Waals surface area contributed by atoms with Gasteiger partial charge >= 0.3 is 0 Å². The Morgan fingerprint density at radius 2 is 2.07 bits per heavy atom. The van der Waals surface area contributed by atoms with Gasteiger partial charge in [0.05, 0.1) is 6.04 Å². The summed E-state index contributed by atoms with van der Waals surface area (Å²) in [6, 6.07) is -0.581. The second-order valence-corrected chi connectivity index (χ2v) is 5.03. The molecule has 1 amide bonds. The van der Waals surface area contributed by atoms with E-state index in [1.54, 1.807) is 0 Å². The second-order valence-electron chi connectivity index (χ2n) is 5.03. The van der Waals surface area contributed by atoms with Gasteiger partial charge < -0.3 is 11.1 Å². The van der Waals surface area contributed by atoms with Crippen LogP contribution >= 0.6 is 0 Å². The summed E-state index contributed by atoms with van der Waals surface area (Å²) in [4.78, 5) is 11.4. The molecule has 0 aromatic rings. The number of carbonyl (C=O) groups is 1. The van der Waals surface area contributed by atoms with Gasteiger partial charge in [-0.25, -0.2) is 0 Å². The Kier molecular flexibility index (Phi) is 5.38. The molecule has 0 saturated carbocycles. The van der Waals surface area contributed by atoms with Crippen molar-refractivity contribution in [1.29, 1.82) is 0 Å². The van der Waals surface area contributed by atoms with Crippen LogP contribution in [0.25, 0.3) is 0 Å². The van der Waals surface area contributed by atoms with Crippen LogP contribution in [0.1, 0.15) is 34.1 Å². The SMILES string of the molecule is C#CCC(N)C(=O)NCC(C)C(C)(C)C. The molecule has 2 atom stereocenters. The highest BCUT2D eigenvalue weighted by atomic mass is 16.2. The third-order valence-corrected chi connectivity index (χ3v) is 2.74. The van der Waals surface area contributed by atoms with Crippen molar-refractivity contribution < 1.29 is 4.79 Å². The molecule has 3 N–H and O–H groups in total. The highest BCUT2D eigenvalue weighted by Gasteiger charge is 2.21. The number of carbonyl (C=O) groups excluding carboxylic acids is 1. The third-order valence-electron chi connectivity index (χ3n) is 2.74. The van der Waals surface area contributed by atoms with Crippen molar-refractivity contribution in [2.24, 2.45) is 17.1 Å². The zero-order chi connectivity index (χ0) is 12.1. The van der Waals surface area contributed by atoms with E-state index in [9.17, 15) is 4.79 Å². The summed E-state index contributed by atoms with van der Waals surface area (Å²) < 4.78 is 0. The van der Waals surface area contributed by atoms with Crippen LogP contribution in [0.4, 0.5) is 0 Å². The van der Waals surface area contributed by atoms with E-state index in [0.717, 1.165) is 0 Å². The first-order valence-corrected chi connectivity index (χ1v) is 5.25. The number of nitrogens with one attached hydrogen (secondary N) is 1. The molecule has 3 nitrogen and oxygen atoms in total. The number of amides is 1. The molecule has 3 heteroatoms. The summed E-state index contributed by atoms with van der Waals surface area (Å²) in [5.74, 6) is 2.62. The second kappa shape index (κ2) is 5.77. The lowest BCUT2D eigenvalue weighted by atomic mass is 9.82. The van der Waals surface area contributed by atoms with E-state index in [4.69, 9.17) is 12.2 Å². The van der Waals surface area contributed by atoms with Crippen LogP contribution in [0.15, 0.2) is 0 Å². The van der Waals surface area contributed by atoms with Gasteiger partial charge in [0.25, 0.3) is 0 Å². The molecule has 0 aliphatic rings. The minimum absolute atomic E-state index is 0.163. The third kappa shape index (κ3) is 5.44. The Hall–Kier alpha value is -1.01. The van der Waals surface area contributed by atoms with E-state index in [2.05, 4.69) is 38.9 Å². The standard InChI is InChI=1S/C12H22N2O/c1-6-7-10(13)11(15)14-8-9(2)12(3,4)5/h1,9-10H,7-8,13H2,2-5H3,(H,14,15). The van der Waals surface area contributed by atoms with Crippen LogP contribution in [-0.2, 0) is 4.79 Å². The fraction of sp³-hybridized carbons (Fsp3) is 0.750. The van der Waals surface area contributed by atoms with Gasteiger partial charge in [0, 0.05) is 13.0 Å². The summed E-state index contributed by atoms with van der Waals surface area (Å²) in [5.41, 5.74) is 5.75.